The zero-order valence-electron chi connectivity index (χ0n) is 19.1. The SMILES string of the molecule is CCn1c2ccccc2c2ccc(-c3ccc4c5ccccc5n(-c5ccccc5)c4c3)cc21. The third-order valence-electron chi connectivity index (χ3n) is 7.11. The fraction of sp³-hybridized carbons (Fsp3) is 0.0625. The first-order chi connectivity index (χ1) is 16.8. The smallest absolute Gasteiger partial charge is 0.0547 e. The molecular formula is C32H24N2. The standard InChI is InChI=1S/C32H24N2/c1-2-33-29-14-8-6-12-25(29)27-18-16-22(20-31(27)33)23-17-19-28-26-13-7-9-15-30(26)34(32(28)21-23)24-10-4-3-5-11-24/h3-21H,2H2,1H3. The van der Waals surface area contributed by atoms with Crippen LogP contribution in [0.25, 0.3) is 60.4 Å². The van der Waals surface area contributed by atoms with Gasteiger partial charge in [-0.05, 0) is 54.4 Å². The zero-order chi connectivity index (χ0) is 22.6. The van der Waals surface area contributed by atoms with Crippen LogP contribution < -0.4 is 0 Å². The lowest BCUT2D eigenvalue weighted by Crippen LogP contribution is -1.94. The van der Waals surface area contributed by atoms with E-state index in [1.165, 1.54) is 60.4 Å². The van der Waals surface area contributed by atoms with E-state index in [1.54, 1.807) is 0 Å². The highest BCUT2D eigenvalue weighted by atomic mass is 15.0. The second kappa shape index (κ2) is 7.36. The Balaban J connectivity index is 1.50. The van der Waals surface area contributed by atoms with Crippen molar-refractivity contribution in [2.45, 2.75) is 13.5 Å². The highest BCUT2D eigenvalue weighted by molar-refractivity contribution is 6.11. The molecule has 0 N–H and O–H groups in total. The number of nitrogens with zero attached hydrogens (tertiary/aromatic N) is 2. The molecule has 0 saturated heterocycles. The van der Waals surface area contributed by atoms with Crippen LogP contribution >= 0.6 is 0 Å². The van der Waals surface area contributed by atoms with Crippen LogP contribution in [0.1, 0.15) is 6.92 Å². The van der Waals surface area contributed by atoms with Crippen LogP contribution in [0.4, 0.5) is 0 Å². The summed E-state index contributed by atoms with van der Waals surface area (Å²) in [7, 11) is 0. The summed E-state index contributed by atoms with van der Waals surface area (Å²) in [4.78, 5) is 0. The second-order valence-electron chi connectivity index (χ2n) is 8.91. The highest BCUT2D eigenvalue weighted by Crippen LogP contribution is 2.36. The van der Waals surface area contributed by atoms with Crippen molar-refractivity contribution in [1.29, 1.82) is 0 Å². The molecule has 7 aromatic rings. The largest absolute Gasteiger partial charge is 0.341 e. The first-order valence-electron chi connectivity index (χ1n) is 11.9. The summed E-state index contributed by atoms with van der Waals surface area (Å²) in [5, 5.41) is 5.22. The van der Waals surface area contributed by atoms with E-state index in [2.05, 4.69) is 131 Å². The van der Waals surface area contributed by atoms with E-state index in [0.29, 0.717) is 0 Å². The van der Waals surface area contributed by atoms with E-state index < -0.39 is 0 Å². The number of fused-ring (bicyclic) bond motifs is 6. The van der Waals surface area contributed by atoms with Crippen LogP contribution in [0.5, 0.6) is 0 Å². The molecule has 0 fully saturated rings. The lowest BCUT2D eigenvalue weighted by molar-refractivity contribution is 0.827. The van der Waals surface area contributed by atoms with Gasteiger partial charge in [0.25, 0.3) is 0 Å². The molecule has 0 aliphatic carbocycles. The number of aryl methyl sites for hydroxylation is 1. The molecule has 2 nitrogen and oxygen atoms in total. The minimum atomic E-state index is 0.953. The lowest BCUT2D eigenvalue weighted by Gasteiger charge is -2.09. The number of hydrogen-bond donors (Lipinski definition) is 0. The monoisotopic (exact) mass is 436 g/mol. The number of benzene rings is 5. The maximum Gasteiger partial charge on any atom is 0.0547 e. The Labute approximate surface area is 198 Å². The molecule has 34 heavy (non-hydrogen) atoms. The molecule has 0 aliphatic heterocycles. The van der Waals surface area contributed by atoms with Gasteiger partial charge in [0, 0.05) is 44.8 Å². The number of para-hydroxylation sites is 3. The van der Waals surface area contributed by atoms with Crippen molar-refractivity contribution in [3.8, 4) is 16.8 Å². The molecule has 0 bridgehead atoms. The van der Waals surface area contributed by atoms with Gasteiger partial charge in [0.15, 0.2) is 0 Å². The van der Waals surface area contributed by atoms with Gasteiger partial charge in [-0.15, -0.1) is 0 Å². The summed E-state index contributed by atoms with van der Waals surface area (Å²) in [5.41, 5.74) is 8.75. The molecule has 0 amide bonds. The average Bonchev–Trinajstić information content (AvgIpc) is 3.40. The zero-order valence-corrected chi connectivity index (χ0v) is 19.1. The van der Waals surface area contributed by atoms with Gasteiger partial charge < -0.3 is 9.13 Å². The Bertz CT molecular complexity index is 1830. The van der Waals surface area contributed by atoms with Crippen molar-refractivity contribution in [1.82, 2.24) is 9.13 Å². The molecule has 0 saturated carbocycles. The molecule has 5 aromatic carbocycles. The average molecular weight is 437 g/mol. The maximum atomic E-state index is 2.42. The Morgan fingerprint density at radius 3 is 1.71 bits per heavy atom. The minimum Gasteiger partial charge on any atom is -0.341 e. The van der Waals surface area contributed by atoms with Crippen molar-refractivity contribution >= 4 is 43.6 Å². The molecule has 0 atom stereocenters. The number of hydrogen-bond acceptors (Lipinski definition) is 0. The predicted molar refractivity (Wildman–Crippen MR) is 145 cm³/mol. The number of rotatable bonds is 3. The van der Waals surface area contributed by atoms with Gasteiger partial charge >= 0.3 is 0 Å². The molecule has 0 unspecified atom stereocenters. The summed E-state index contributed by atoms with van der Waals surface area (Å²) < 4.78 is 4.81. The van der Waals surface area contributed by atoms with Gasteiger partial charge in [-0.3, -0.25) is 0 Å². The third kappa shape index (κ3) is 2.69. The normalized spacial score (nSPS) is 11.8. The predicted octanol–water partition coefficient (Wildman–Crippen LogP) is 8.58. The number of aromatic nitrogens is 2. The summed E-state index contributed by atoms with van der Waals surface area (Å²) in [6.45, 7) is 3.18. The molecule has 0 spiro atoms. The van der Waals surface area contributed by atoms with Crippen LogP contribution in [0, 0.1) is 0 Å². The molecule has 162 valence electrons. The quantitative estimate of drug-likeness (QED) is 0.262. The van der Waals surface area contributed by atoms with E-state index >= 15 is 0 Å². The molecular weight excluding hydrogens is 412 g/mol. The Morgan fingerprint density at radius 1 is 0.471 bits per heavy atom. The minimum absolute atomic E-state index is 0.953. The van der Waals surface area contributed by atoms with E-state index in [1.807, 2.05) is 0 Å². The first-order valence-corrected chi connectivity index (χ1v) is 11.9. The summed E-state index contributed by atoms with van der Waals surface area (Å²) in [6, 6.07) is 41.9. The molecule has 7 rings (SSSR count). The molecule has 2 aromatic heterocycles. The summed E-state index contributed by atoms with van der Waals surface area (Å²) in [6.07, 6.45) is 0. The first kappa shape index (κ1) is 19.2. The second-order valence-corrected chi connectivity index (χ2v) is 8.91. The van der Waals surface area contributed by atoms with Gasteiger partial charge in [-0.2, -0.15) is 0 Å². The molecule has 0 radical (unpaired) electrons. The summed E-state index contributed by atoms with van der Waals surface area (Å²) in [5.74, 6) is 0. The van der Waals surface area contributed by atoms with E-state index in [4.69, 9.17) is 0 Å². The van der Waals surface area contributed by atoms with Crippen molar-refractivity contribution in [3.63, 3.8) is 0 Å². The van der Waals surface area contributed by atoms with Crippen molar-refractivity contribution in [2.24, 2.45) is 0 Å². The third-order valence-corrected chi connectivity index (χ3v) is 7.11. The van der Waals surface area contributed by atoms with E-state index in [-0.39, 0.29) is 0 Å². The maximum absolute atomic E-state index is 2.42. The Hall–Kier alpha value is -4.30. The van der Waals surface area contributed by atoms with Gasteiger partial charge in [0.05, 0.1) is 11.0 Å². The van der Waals surface area contributed by atoms with Gasteiger partial charge in [-0.1, -0.05) is 78.9 Å². The van der Waals surface area contributed by atoms with Gasteiger partial charge in [0.1, 0.15) is 0 Å². The fourth-order valence-electron chi connectivity index (χ4n) is 5.57. The van der Waals surface area contributed by atoms with Crippen molar-refractivity contribution in [3.05, 3.63) is 115 Å². The molecule has 0 aliphatic rings. The molecule has 2 heterocycles. The van der Waals surface area contributed by atoms with E-state index in [9.17, 15) is 0 Å². The highest BCUT2D eigenvalue weighted by Gasteiger charge is 2.14. The fourth-order valence-corrected chi connectivity index (χ4v) is 5.57. The van der Waals surface area contributed by atoms with Crippen molar-refractivity contribution in [2.75, 3.05) is 0 Å². The lowest BCUT2D eigenvalue weighted by atomic mass is 10.0. The summed E-state index contributed by atoms with van der Waals surface area (Å²) >= 11 is 0. The van der Waals surface area contributed by atoms with Crippen LogP contribution in [-0.4, -0.2) is 9.13 Å². The Morgan fingerprint density at radius 2 is 1.00 bits per heavy atom. The van der Waals surface area contributed by atoms with E-state index in [0.717, 1.165) is 6.54 Å². The van der Waals surface area contributed by atoms with Crippen molar-refractivity contribution < 1.29 is 0 Å². The van der Waals surface area contributed by atoms with Gasteiger partial charge in [-0.25, -0.2) is 0 Å². The van der Waals surface area contributed by atoms with Crippen LogP contribution in [0.2, 0.25) is 0 Å². The van der Waals surface area contributed by atoms with Crippen LogP contribution in [0.3, 0.4) is 0 Å². The van der Waals surface area contributed by atoms with Gasteiger partial charge in [0.2, 0.25) is 0 Å². The van der Waals surface area contributed by atoms with Crippen LogP contribution in [-0.2, 0) is 6.54 Å². The van der Waals surface area contributed by atoms with Crippen LogP contribution in [0.15, 0.2) is 115 Å². The topological polar surface area (TPSA) is 9.86 Å². The molecule has 2 heteroatoms. The Kier molecular flexibility index (Phi) is 4.16.